The maximum Gasteiger partial charge on any atom is 0.398 e. The van der Waals surface area contributed by atoms with E-state index in [9.17, 15) is 23.1 Å². The molecule has 158 valence electrons. The molecule has 0 aliphatic carbocycles. The predicted molar refractivity (Wildman–Crippen MR) is 99.9 cm³/mol. The van der Waals surface area contributed by atoms with Gasteiger partial charge in [0.15, 0.2) is 0 Å². The highest BCUT2D eigenvalue weighted by Crippen LogP contribution is 2.47. The topological polar surface area (TPSA) is 118 Å². The zero-order valence-corrected chi connectivity index (χ0v) is 16.0. The lowest BCUT2D eigenvalue weighted by molar-refractivity contribution is -0.177. The van der Waals surface area contributed by atoms with Gasteiger partial charge >= 0.3 is 6.18 Å². The summed E-state index contributed by atoms with van der Waals surface area (Å²) in [5.74, 6) is -3.75. The Morgan fingerprint density at radius 2 is 2.03 bits per heavy atom. The smallest absolute Gasteiger partial charge is 0.382 e. The number of amides is 1. The average molecular weight is 420 g/mol. The van der Waals surface area contributed by atoms with Gasteiger partial charge in [0.25, 0.3) is 5.91 Å². The molecular weight excluding hydrogens is 401 g/mol. The van der Waals surface area contributed by atoms with Crippen LogP contribution in [0.5, 0.6) is 0 Å². The fraction of sp³-hybridized carbons (Fsp3) is 0.474. The van der Waals surface area contributed by atoms with Crippen molar-refractivity contribution in [1.29, 1.82) is 5.26 Å². The van der Waals surface area contributed by atoms with Crippen molar-refractivity contribution in [1.82, 2.24) is 15.2 Å². The van der Waals surface area contributed by atoms with Crippen LogP contribution in [0, 0.1) is 18.3 Å². The Morgan fingerprint density at radius 1 is 1.33 bits per heavy atom. The highest BCUT2D eigenvalue weighted by atomic mass is 19.4. The normalized spacial score (nSPS) is 22.4. The van der Waals surface area contributed by atoms with Crippen LogP contribution >= 0.6 is 0 Å². The Kier molecular flexibility index (Phi) is 4.89. The molecule has 3 N–H and O–H groups in total. The van der Waals surface area contributed by atoms with Crippen LogP contribution in [0.4, 0.5) is 24.7 Å². The number of fused-ring (bicyclic) bond motifs is 1. The first kappa shape index (κ1) is 20.2. The van der Waals surface area contributed by atoms with E-state index in [1.165, 1.54) is 0 Å². The minimum Gasteiger partial charge on any atom is -0.382 e. The number of anilines is 2. The standard InChI is InChI=1S/C19H19F3N6O2/c1-9-6-11(8-24-12(9)7-23)28-4-2-10(3-5-28)15-13-14(19(20,21)22)16(29)18(30)25-17(13)27-26-15/h6,8,10,14,16,29H,2-5H2,1H3,(H2,25,26,27,30)/t14-,16-/m0/s1. The van der Waals surface area contributed by atoms with E-state index in [0.717, 1.165) is 11.3 Å². The van der Waals surface area contributed by atoms with Crippen LogP contribution < -0.4 is 10.2 Å². The number of hydrogen-bond donors (Lipinski definition) is 3. The lowest BCUT2D eigenvalue weighted by Gasteiger charge is -2.35. The molecule has 2 atom stereocenters. The van der Waals surface area contributed by atoms with Crippen molar-refractivity contribution in [2.75, 3.05) is 23.3 Å². The molecule has 1 fully saturated rings. The molecule has 0 saturated carbocycles. The van der Waals surface area contributed by atoms with Gasteiger partial charge in [0.1, 0.15) is 29.6 Å². The van der Waals surface area contributed by atoms with Gasteiger partial charge < -0.3 is 15.3 Å². The summed E-state index contributed by atoms with van der Waals surface area (Å²) in [6, 6.07) is 3.89. The Morgan fingerprint density at radius 3 is 2.63 bits per heavy atom. The van der Waals surface area contributed by atoms with Crippen LogP contribution in [0.2, 0.25) is 0 Å². The summed E-state index contributed by atoms with van der Waals surface area (Å²) in [4.78, 5) is 17.9. The highest BCUT2D eigenvalue weighted by molar-refractivity contribution is 5.97. The minimum atomic E-state index is -4.78. The number of H-pyrrole nitrogens is 1. The Balaban J connectivity index is 1.56. The Labute approximate surface area is 169 Å². The molecule has 30 heavy (non-hydrogen) atoms. The van der Waals surface area contributed by atoms with Crippen molar-refractivity contribution in [2.24, 2.45) is 0 Å². The number of alkyl halides is 3. The fourth-order valence-corrected chi connectivity index (χ4v) is 4.20. The zero-order chi connectivity index (χ0) is 21.6. The first-order valence-electron chi connectivity index (χ1n) is 9.46. The summed E-state index contributed by atoms with van der Waals surface area (Å²) in [5, 5.41) is 27.8. The highest BCUT2D eigenvalue weighted by Gasteiger charge is 2.53. The van der Waals surface area contributed by atoms with E-state index in [2.05, 4.69) is 25.4 Å². The molecule has 0 radical (unpaired) electrons. The number of aliphatic hydroxyl groups is 1. The molecule has 1 amide bonds. The van der Waals surface area contributed by atoms with Crippen molar-refractivity contribution >= 4 is 17.4 Å². The molecule has 4 rings (SSSR count). The first-order chi connectivity index (χ1) is 14.2. The Hall–Kier alpha value is -3.13. The van der Waals surface area contributed by atoms with Gasteiger partial charge in [-0.05, 0) is 31.4 Å². The van der Waals surface area contributed by atoms with E-state index >= 15 is 0 Å². The van der Waals surface area contributed by atoms with Crippen molar-refractivity contribution < 1.29 is 23.1 Å². The van der Waals surface area contributed by atoms with E-state index in [1.807, 2.05) is 12.1 Å². The minimum absolute atomic E-state index is 0.100. The molecule has 11 heteroatoms. The number of aromatic nitrogens is 3. The van der Waals surface area contributed by atoms with Gasteiger partial charge in [-0.2, -0.15) is 23.5 Å². The summed E-state index contributed by atoms with van der Waals surface area (Å²) >= 11 is 0. The number of halogens is 3. The summed E-state index contributed by atoms with van der Waals surface area (Å²) in [7, 11) is 0. The SMILES string of the molecule is Cc1cc(N2CCC(c3n[nH]c4c3[C@H](C(F)(F)F)[C@H](O)C(=O)N4)CC2)cnc1C#N. The third-order valence-electron chi connectivity index (χ3n) is 5.75. The summed E-state index contributed by atoms with van der Waals surface area (Å²) < 4.78 is 40.9. The van der Waals surface area contributed by atoms with Gasteiger partial charge in [-0.15, -0.1) is 0 Å². The third-order valence-corrected chi connectivity index (χ3v) is 5.75. The van der Waals surface area contributed by atoms with Gasteiger partial charge in [-0.25, -0.2) is 4.98 Å². The maximum absolute atomic E-state index is 13.6. The Bertz CT molecular complexity index is 1020. The summed E-state index contributed by atoms with van der Waals surface area (Å²) in [5.41, 5.74) is 2.03. The van der Waals surface area contributed by atoms with Crippen LogP contribution in [0.25, 0.3) is 0 Å². The number of pyridine rings is 1. The average Bonchev–Trinajstić information content (AvgIpc) is 3.10. The number of aryl methyl sites for hydroxylation is 1. The molecule has 0 bridgehead atoms. The number of aliphatic hydroxyl groups excluding tert-OH is 1. The van der Waals surface area contributed by atoms with Crippen molar-refractivity contribution in [3.05, 3.63) is 34.8 Å². The summed E-state index contributed by atoms with van der Waals surface area (Å²) in [6.07, 6.45) is -4.28. The fourth-order valence-electron chi connectivity index (χ4n) is 4.20. The predicted octanol–water partition coefficient (Wildman–Crippen LogP) is 2.33. The van der Waals surface area contributed by atoms with Crippen LogP contribution in [-0.4, -0.2) is 51.6 Å². The van der Waals surface area contributed by atoms with Crippen molar-refractivity contribution in [2.45, 2.75) is 43.9 Å². The van der Waals surface area contributed by atoms with Gasteiger partial charge in [0, 0.05) is 24.6 Å². The molecule has 4 heterocycles. The monoisotopic (exact) mass is 420 g/mol. The molecule has 0 aromatic carbocycles. The van der Waals surface area contributed by atoms with E-state index in [0.29, 0.717) is 31.6 Å². The van der Waals surface area contributed by atoms with Crippen LogP contribution in [0.3, 0.4) is 0 Å². The number of carbonyl (C=O) groups is 1. The molecule has 2 aromatic heterocycles. The van der Waals surface area contributed by atoms with Crippen LogP contribution in [-0.2, 0) is 4.79 Å². The molecule has 8 nitrogen and oxygen atoms in total. The van der Waals surface area contributed by atoms with E-state index in [4.69, 9.17) is 5.26 Å². The van der Waals surface area contributed by atoms with E-state index in [-0.39, 0.29) is 23.0 Å². The number of rotatable bonds is 2. The second-order valence-corrected chi connectivity index (χ2v) is 7.58. The number of hydrogen-bond acceptors (Lipinski definition) is 6. The lowest BCUT2D eigenvalue weighted by Crippen LogP contribution is -2.44. The second-order valence-electron chi connectivity index (χ2n) is 7.58. The molecule has 1 saturated heterocycles. The van der Waals surface area contributed by atoms with E-state index < -0.39 is 24.1 Å². The molecule has 0 unspecified atom stereocenters. The van der Waals surface area contributed by atoms with Gasteiger partial charge in [0.2, 0.25) is 0 Å². The second kappa shape index (κ2) is 7.28. The zero-order valence-electron chi connectivity index (χ0n) is 16.0. The molecule has 2 aromatic rings. The number of nitriles is 1. The van der Waals surface area contributed by atoms with Gasteiger partial charge in [-0.1, -0.05) is 0 Å². The molecule has 2 aliphatic heterocycles. The number of nitrogens with zero attached hydrogens (tertiary/aromatic N) is 4. The summed E-state index contributed by atoms with van der Waals surface area (Å²) in [6.45, 7) is 2.95. The largest absolute Gasteiger partial charge is 0.398 e. The van der Waals surface area contributed by atoms with E-state index in [1.54, 1.807) is 13.1 Å². The molecule has 2 aliphatic rings. The van der Waals surface area contributed by atoms with Gasteiger partial charge in [-0.3, -0.25) is 9.89 Å². The van der Waals surface area contributed by atoms with Gasteiger partial charge in [0.05, 0.1) is 17.6 Å². The number of carbonyl (C=O) groups excluding carboxylic acids is 1. The number of nitrogens with one attached hydrogen (secondary N) is 2. The van der Waals surface area contributed by atoms with Crippen molar-refractivity contribution in [3.8, 4) is 6.07 Å². The van der Waals surface area contributed by atoms with Crippen LogP contribution in [0.15, 0.2) is 12.3 Å². The third kappa shape index (κ3) is 3.37. The van der Waals surface area contributed by atoms with Crippen molar-refractivity contribution in [3.63, 3.8) is 0 Å². The quantitative estimate of drug-likeness (QED) is 0.686. The molecular formula is C19H19F3N6O2. The first-order valence-corrected chi connectivity index (χ1v) is 9.46. The lowest BCUT2D eigenvalue weighted by atomic mass is 9.83. The van der Waals surface area contributed by atoms with Crippen LogP contribution in [0.1, 0.15) is 47.2 Å². The number of aromatic amines is 1. The number of piperidine rings is 1. The molecule has 0 spiro atoms. The maximum atomic E-state index is 13.6.